The third-order valence-corrected chi connectivity index (χ3v) is 6.04. The van der Waals surface area contributed by atoms with Crippen molar-refractivity contribution in [2.24, 2.45) is 0 Å². The molecule has 182 valence electrons. The van der Waals surface area contributed by atoms with Crippen molar-refractivity contribution >= 4 is 28.5 Å². The maximum atomic E-state index is 12.3. The predicted molar refractivity (Wildman–Crippen MR) is 140 cm³/mol. The van der Waals surface area contributed by atoms with E-state index in [1.54, 1.807) is 31.4 Å². The number of halogens is 1. The zero-order chi connectivity index (χ0) is 24.5. The number of fused-ring (bicyclic) bond motifs is 1. The fourth-order valence-electron chi connectivity index (χ4n) is 3.97. The molecule has 0 atom stereocenters. The van der Waals surface area contributed by atoms with Crippen LogP contribution < -0.4 is 14.8 Å². The van der Waals surface area contributed by atoms with Crippen LogP contribution in [0.5, 0.6) is 11.5 Å². The number of rotatable bonds is 12. The molecule has 0 bridgehead atoms. The van der Waals surface area contributed by atoms with E-state index < -0.39 is 0 Å². The number of methoxy groups -OCH3 is 1. The lowest BCUT2D eigenvalue weighted by Crippen LogP contribution is -2.25. The van der Waals surface area contributed by atoms with Gasteiger partial charge in [-0.3, -0.25) is 4.79 Å². The number of para-hydroxylation sites is 2. The molecule has 6 nitrogen and oxygen atoms in total. The Kier molecular flexibility index (Phi) is 8.63. The lowest BCUT2D eigenvalue weighted by Gasteiger charge is -2.11. The van der Waals surface area contributed by atoms with Gasteiger partial charge in [-0.1, -0.05) is 29.8 Å². The number of ether oxygens (including phenoxy) is 2. The molecule has 0 radical (unpaired) electrons. The number of nitrogens with zero attached hydrogens (tertiary/aromatic N) is 2. The van der Waals surface area contributed by atoms with Crippen molar-refractivity contribution in [3.05, 3.63) is 89.2 Å². The molecular weight excluding hydrogens is 462 g/mol. The molecule has 1 heterocycles. The topological polar surface area (TPSA) is 65.4 Å². The number of nitrogens with one attached hydrogen (secondary N) is 1. The fraction of sp³-hybridized carbons (Fsp3) is 0.286. The van der Waals surface area contributed by atoms with Crippen molar-refractivity contribution in [1.29, 1.82) is 0 Å². The highest BCUT2D eigenvalue weighted by Crippen LogP contribution is 2.20. The summed E-state index contributed by atoms with van der Waals surface area (Å²) in [4.78, 5) is 17.2. The summed E-state index contributed by atoms with van der Waals surface area (Å²) in [5.74, 6) is 2.56. The lowest BCUT2D eigenvalue weighted by molar-refractivity contribution is 0.0953. The minimum Gasteiger partial charge on any atom is -0.497 e. The number of carbonyl (C=O) groups excluding carboxylic acids is 1. The number of amides is 1. The van der Waals surface area contributed by atoms with Crippen molar-refractivity contribution in [2.45, 2.75) is 32.2 Å². The van der Waals surface area contributed by atoms with Crippen molar-refractivity contribution in [3.8, 4) is 11.5 Å². The third-order valence-electron chi connectivity index (χ3n) is 5.79. The molecule has 0 unspecified atom stereocenters. The standard InChI is InChI=1S/C28H30ClN3O3/c1-34-23-8-6-9-24(20-23)35-19-5-4-18-32-26-11-3-2-10-25(26)31-27(32)12-7-17-30-28(33)21-13-15-22(29)16-14-21/h2-3,6,8-11,13-16,20H,4-5,7,12,17-19H2,1H3,(H,30,33). The average Bonchev–Trinajstić information content (AvgIpc) is 3.24. The van der Waals surface area contributed by atoms with E-state index in [9.17, 15) is 4.79 Å². The van der Waals surface area contributed by atoms with Gasteiger partial charge in [0.05, 0.1) is 24.8 Å². The lowest BCUT2D eigenvalue weighted by atomic mass is 10.2. The van der Waals surface area contributed by atoms with Crippen LogP contribution in [0.15, 0.2) is 72.8 Å². The summed E-state index contributed by atoms with van der Waals surface area (Å²) in [6.07, 6.45) is 3.50. The average molecular weight is 492 g/mol. The zero-order valence-electron chi connectivity index (χ0n) is 19.9. The van der Waals surface area contributed by atoms with Crippen LogP contribution in [-0.2, 0) is 13.0 Å². The normalized spacial score (nSPS) is 10.9. The van der Waals surface area contributed by atoms with Gasteiger partial charge in [0.25, 0.3) is 5.91 Å². The summed E-state index contributed by atoms with van der Waals surface area (Å²) in [6, 6.07) is 22.8. The van der Waals surface area contributed by atoms with Crippen molar-refractivity contribution in [1.82, 2.24) is 14.9 Å². The van der Waals surface area contributed by atoms with Crippen LogP contribution in [0, 0.1) is 0 Å². The van der Waals surface area contributed by atoms with Crippen LogP contribution in [0.25, 0.3) is 11.0 Å². The SMILES string of the molecule is COc1cccc(OCCCCn2c(CCCNC(=O)c3ccc(Cl)cc3)nc3ccccc32)c1. The minimum atomic E-state index is -0.0915. The molecule has 3 aromatic carbocycles. The first-order valence-corrected chi connectivity index (χ1v) is 12.3. The number of aryl methyl sites for hydroxylation is 2. The van der Waals surface area contributed by atoms with Gasteiger partial charge in [-0.25, -0.2) is 4.98 Å². The first-order chi connectivity index (χ1) is 17.1. The Balaban J connectivity index is 1.28. The van der Waals surface area contributed by atoms with Gasteiger partial charge >= 0.3 is 0 Å². The first kappa shape index (κ1) is 24.6. The van der Waals surface area contributed by atoms with Crippen LogP contribution in [0.4, 0.5) is 0 Å². The minimum absolute atomic E-state index is 0.0915. The summed E-state index contributed by atoms with van der Waals surface area (Å²) < 4.78 is 13.4. The first-order valence-electron chi connectivity index (χ1n) is 11.9. The highest BCUT2D eigenvalue weighted by Gasteiger charge is 2.11. The number of benzene rings is 3. The molecule has 1 amide bonds. The zero-order valence-corrected chi connectivity index (χ0v) is 20.6. The van der Waals surface area contributed by atoms with Crippen LogP contribution in [0.3, 0.4) is 0 Å². The molecule has 0 fully saturated rings. The Morgan fingerprint density at radius 3 is 2.60 bits per heavy atom. The smallest absolute Gasteiger partial charge is 0.251 e. The summed E-state index contributed by atoms with van der Waals surface area (Å²) >= 11 is 5.90. The van der Waals surface area contributed by atoms with Crippen molar-refractivity contribution < 1.29 is 14.3 Å². The summed E-state index contributed by atoms with van der Waals surface area (Å²) in [7, 11) is 1.65. The summed E-state index contributed by atoms with van der Waals surface area (Å²) in [5, 5.41) is 3.60. The van der Waals surface area contributed by atoms with E-state index in [0.717, 1.165) is 60.6 Å². The third kappa shape index (κ3) is 6.76. The van der Waals surface area contributed by atoms with E-state index in [1.165, 1.54) is 0 Å². The molecule has 0 spiro atoms. The van der Waals surface area contributed by atoms with Gasteiger partial charge in [-0.05, 0) is 67.8 Å². The second-order valence-electron chi connectivity index (χ2n) is 8.27. The predicted octanol–water partition coefficient (Wildman–Crippen LogP) is 5.92. The van der Waals surface area contributed by atoms with Gasteiger partial charge < -0.3 is 19.4 Å². The number of unbranched alkanes of at least 4 members (excludes halogenated alkanes) is 1. The van der Waals surface area contributed by atoms with Crippen LogP contribution in [0.1, 0.15) is 35.4 Å². The van der Waals surface area contributed by atoms with Gasteiger partial charge in [0, 0.05) is 36.2 Å². The molecule has 35 heavy (non-hydrogen) atoms. The number of imidazole rings is 1. The van der Waals surface area contributed by atoms with E-state index >= 15 is 0 Å². The van der Waals surface area contributed by atoms with Gasteiger partial charge in [0.1, 0.15) is 17.3 Å². The molecule has 0 saturated carbocycles. The molecule has 4 rings (SSSR count). The Hall–Kier alpha value is -3.51. The second-order valence-corrected chi connectivity index (χ2v) is 8.71. The Morgan fingerprint density at radius 1 is 0.971 bits per heavy atom. The van der Waals surface area contributed by atoms with Gasteiger partial charge in [-0.15, -0.1) is 0 Å². The van der Waals surface area contributed by atoms with Crippen LogP contribution >= 0.6 is 11.6 Å². The molecule has 4 aromatic rings. The number of hydrogen-bond acceptors (Lipinski definition) is 4. The van der Waals surface area contributed by atoms with Crippen molar-refractivity contribution in [3.63, 3.8) is 0 Å². The van der Waals surface area contributed by atoms with E-state index in [2.05, 4.69) is 16.0 Å². The second kappa shape index (κ2) is 12.3. The van der Waals surface area contributed by atoms with Crippen LogP contribution in [-0.4, -0.2) is 35.7 Å². The summed E-state index contributed by atoms with van der Waals surface area (Å²) in [6.45, 7) is 2.10. The van der Waals surface area contributed by atoms with Crippen LogP contribution in [0.2, 0.25) is 5.02 Å². The van der Waals surface area contributed by atoms with Gasteiger partial charge in [-0.2, -0.15) is 0 Å². The monoisotopic (exact) mass is 491 g/mol. The highest BCUT2D eigenvalue weighted by molar-refractivity contribution is 6.30. The van der Waals surface area contributed by atoms with E-state index in [4.69, 9.17) is 26.1 Å². The van der Waals surface area contributed by atoms with Gasteiger partial charge in [0.15, 0.2) is 0 Å². The van der Waals surface area contributed by atoms with E-state index in [1.807, 2.05) is 42.5 Å². The molecule has 0 aliphatic heterocycles. The Labute approximate surface area is 210 Å². The quantitative estimate of drug-likeness (QED) is 0.250. The fourth-order valence-corrected chi connectivity index (χ4v) is 4.10. The molecule has 1 N–H and O–H groups in total. The maximum Gasteiger partial charge on any atom is 0.251 e. The molecular formula is C28H30ClN3O3. The molecule has 0 aliphatic rings. The highest BCUT2D eigenvalue weighted by atomic mass is 35.5. The van der Waals surface area contributed by atoms with Gasteiger partial charge in [0.2, 0.25) is 0 Å². The Bertz CT molecular complexity index is 1250. The van der Waals surface area contributed by atoms with E-state index in [0.29, 0.717) is 23.7 Å². The van der Waals surface area contributed by atoms with Crippen molar-refractivity contribution in [2.75, 3.05) is 20.3 Å². The largest absolute Gasteiger partial charge is 0.497 e. The molecule has 1 aromatic heterocycles. The number of carbonyl (C=O) groups is 1. The summed E-state index contributed by atoms with van der Waals surface area (Å²) in [5.41, 5.74) is 2.75. The number of aromatic nitrogens is 2. The molecule has 0 aliphatic carbocycles. The molecule has 0 saturated heterocycles. The molecule has 7 heteroatoms. The van der Waals surface area contributed by atoms with E-state index in [-0.39, 0.29) is 5.91 Å². The maximum absolute atomic E-state index is 12.3. The number of hydrogen-bond donors (Lipinski definition) is 1. The Morgan fingerprint density at radius 2 is 1.77 bits per heavy atom.